The van der Waals surface area contributed by atoms with E-state index in [1.54, 1.807) is 0 Å². The highest BCUT2D eigenvalue weighted by molar-refractivity contribution is 7.27. The summed E-state index contributed by atoms with van der Waals surface area (Å²) < 4.78 is -0.00987. The molecular formula is C18H33AlO3. The van der Waals surface area contributed by atoms with Gasteiger partial charge in [0.05, 0.1) is 13.9 Å². The summed E-state index contributed by atoms with van der Waals surface area (Å²) in [5.41, 5.74) is 0. The maximum atomic E-state index is 12.4. The molecule has 0 rings (SSSR count). The summed E-state index contributed by atoms with van der Waals surface area (Å²) in [6.07, 6.45) is 9.92. The van der Waals surface area contributed by atoms with Crippen molar-refractivity contribution in [2.45, 2.75) is 97.8 Å². The molecule has 0 aromatic carbocycles. The lowest BCUT2D eigenvalue weighted by molar-refractivity contribution is -0.119. The van der Waals surface area contributed by atoms with Crippen molar-refractivity contribution in [2.75, 3.05) is 0 Å². The summed E-state index contributed by atoms with van der Waals surface area (Å²) in [6.45, 7) is 6.27. The summed E-state index contributed by atoms with van der Waals surface area (Å²) in [4.78, 5) is 37.2. The van der Waals surface area contributed by atoms with Crippen LogP contribution in [0.3, 0.4) is 0 Å². The molecule has 3 nitrogen and oxygen atoms in total. The topological polar surface area (TPSA) is 51.2 Å². The number of rotatable bonds is 15. The predicted molar refractivity (Wildman–Crippen MR) is 93.2 cm³/mol. The van der Waals surface area contributed by atoms with E-state index in [2.05, 4.69) is 20.8 Å². The molecule has 0 aliphatic carbocycles. The molecule has 0 unspecified atom stereocenters. The summed E-state index contributed by atoms with van der Waals surface area (Å²) >= 11 is -2.56. The highest BCUT2D eigenvalue weighted by atomic mass is 27.2. The van der Waals surface area contributed by atoms with Gasteiger partial charge in [0.25, 0.3) is 0 Å². The maximum Gasteiger partial charge on any atom is 0.548 e. The number of hydrogen-bond donors (Lipinski definition) is 0. The van der Waals surface area contributed by atoms with Crippen LogP contribution in [0.25, 0.3) is 0 Å². The first-order valence-electron chi connectivity index (χ1n) is 9.16. The van der Waals surface area contributed by atoms with Gasteiger partial charge in [-0.15, -0.1) is 0 Å². The van der Waals surface area contributed by atoms with E-state index in [9.17, 15) is 14.4 Å². The van der Waals surface area contributed by atoms with E-state index in [1.165, 1.54) is 0 Å². The molecule has 0 N–H and O–H groups in total. The molecule has 0 radical (unpaired) electrons. The smallest absolute Gasteiger partial charge is 0.319 e. The van der Waals surface area contributed by atoms with Crippen molar-refractivity contribution >= 4 is 28.1 Å². The Bertz CT molecular complexity index is 287. The Balaban J connectivity index is 4.62. The fourth-order valence-corrected chi connectivity index (χ4v) is 5.18. The van der Waals surface area contributed by atoms with E-state index in [4.69, 9.17) is 0 Å². The van der Waals surface area contributed by atoms with Crippen molar-refractivity contribution < 1.29 is 14.4 Å². The van der Waals surface area contributed by atoms with Gasteiger partial charge in [-0.25, -0.2) is 0 Å². The van der Waals surface area contributed by atoms with Gasteiger partial charge in [0.1, 0.15) is 0 Å². The lowest BCUT2D eigenvalue weighted by Gasteiger charge is -2.09. The normalized spacial score (nSPS) is 10.5. The average Bonchev–Trinajstić information content (AvgIpc) is 2.48. The van der Waals surface area contributed by atoms with Crippen molar-refractivity contribution in [3.63, 3.8) is 0 Å². The Morgan fingerprint density at radius 1 is 0.545 bits per heavy atom. The highest BCUT2D eigenvalue weighted by Crippen LogP contribution is 2.11. The van der Waals surface area contributed by atoms with Crippen molar-refractivity contribution in [3.05, 3.63) is 0 Å². The monoisotopic (exact) mass is 324 g/mol. The number of hydrogen-bond acceptors (Lipinski definition) is 3. The van der Waals surface area contributed by atoms with Crippen molar-refractivity contribution in [1.29, 1.82) is 0 Å². The fourth-order valence-electron chi connectivity index (χ4n) is 2.62. The molecule has 22 heavy (non-hydrogen) atoms. The number of carbonyl (C=O) groups is 3. The van der Waals surface area contributed by atoms with Crippen LogP contribution in [0.2, 0.25) is 0 Å². The Morgan fingerprint density at radius 2 is 0.818 bits per heavy atom. The minimum atomic E-state index is -2.56. The average molecular weight is 324 g/mol. The SMILES string of the molecule is CCCCC[C](=O)[Al]([C](=O)CCCCC)[C](=O)CCCCC. The van der Waals surface area contributed by atoms with Gasteiger partial charge in [0.15, 0.2) is 0 Å². The third-order valence-electron chi connectivity index (χ3n) is 4.05. The zero-order chi connectivity index (χ0) is 16.8. The van der Waals surface area contributed by atoms with E-state index in [0.717, 1.165) is 57.8 Å². The first-order valence-corrected chi connectivity index (χ1v) is 10.9. The highest BCUT2D eigenvalue weighted by Gasteiger charge is 2.41. The Kier molecular flexibility index (Phi) is 13.9. The van der Waals surface area contributed by atoms with Gasteiger partial charge in [0.2, 0.25) is 0 Å². The molecule has 4 heteroatoms. The molecule has 0 atom stereocenters. The minimum absolute atomic E-state index is 0.00329. The van der Waals surface area contributed by atoms with Crippen molar-refractivity contribution in [3.8, 4) is 0 Å². The molecule has 0 aliphatic heterocycles. The zero-order valence-corrected chi connectivity index (χ0v) is 15.9. The number of unbranched alkanes of at least 4 members (excludes halogenated alkanes) is 6. The van der Waals surface area contributed by atoms with Gasteiger partial charge < -0.3 is 14.4 Å². The summed E-state index contributed by atoms with van der Waals surface area (Å²) in [6, 6.07) is 0. The fraction of sp³-hybridized carbons (Fsp3) is 0.833. The predicted octanol–water partition coefficient (Wildman–Crippen LogP) is 4.55. The quantitative estimate of drug-likeness (QED) is 0.328. The second-order valence-corrected chi connectivity index (χ2v) is 9.00. The minimum Gasteiger partial charge on any atom is -0.319 e. The van der Waals surface area contributed by atoms with Gasteiger partial charge in [-0.05, 0) is 38.5 Å². The van der Waals surface area contributed by atoms with Crippen molar-refractivity contribution in [2.24, 2.45) is 0 Å². The second kappa shape index (κ2) is 14.2. The van der Waals surface area contributed by atoms with Crippen LogP contribution >= 0.6 is 0 Å². The third kappa shape index (κ3) is 9.54. The molecule has 0 aromatic rings. The van der Waals surface area contributed by atoms with Crippen LogP contribution in [0.1, 0.15) is 97.8 Å². The Labute approximate surface area is 140 Å². The van der Waals surface area contributed by atoms with Crippen LogP contribution in [0.5, 0.6) is 0 Å². The zero-order valence-electron chi connectivity index (χ0n) is 14.8. The molecule has 0 bridgehead atoms. The summed E-state index contributed by atoms with van der Waals surface area (Å²) in [5, 5.41) is 0. The molecule has 0 aromatic heterocycles. The molecule has 0 aliphatic rings. The largest absolute Gasteiger partial charge is 0.548 e. The standard InChI is InChI=1S/3C6H11O.Al/c3*1-2-3-4-5-6-7;/h3*2-5H2,1H3;. The summed E-state index contributed by atoms with van der Waals surface area (Å²) in [7, 11) is 0. The molecule has 0 spiro atoms. The van der Waals surface area contributed by atoms with Gasteiger partial charge in [-0.3, -0.25) is 0 Å². The molecule has 0 fully saturated rings. The van der Waals surface area contributed by atoms with Gasteiger partial charge in [-0.2, -0.15) is 0 Å². The molecule has 0 heterocycles. The van der Waals surface area contributed by atoms with E-state index in [-0.39, 0.29) is 13.9 Å². The van der Waals surface area contributed by atoms with Crippen LogP contribution in [0.15, 0.2) is 0 Å². The van der Waals surface area contributed by atoms with E-state index in [1.807, 2.05) is 0 Å². The van der Waals surface area contributed by atoms with Gasteiger partial charge in [-0.1, -0.05) is 59.3 Å². The molecular weight excluding hydrogens is 291 g/mol. The van der Waals surface area contributed by atoms with Gasteiger partial charge >= 0.3 is 14.1 Å². The first kappa shape index (κ1) is 21.5. The van der Waals surface area contributed by atoms with Gasteiger partial charge in [0, 0.05) is 0 Å². The second-order valence-electron chi connectivity index (χ2n) is 6.20. The van der Waals surface area contributed by atoms with E-state index in [0.29, 0.717) is 19.3 Å². The van der Waals surface area contributed by atoms with E-state index >= 15 is 0 Å². The maximum absolute atomic E-state index is 12.4. The van der Waals surface area contributed by atoms with Crippen LogP contribution < -0.4 is 0 Å². The van der Waals surface area contributed by atoms with Crippen LogP contribution in [-0.2, 0) is 14.4 Å². The van der Waals surface area contributed by atoms with Crippen LogP contribution in [0.4, 0.5) is 0 Å². The summed E-state index contributed by atoms with van der Waals surface area (Å²) in [5.74, 6) is 0. The van der Waals surface area contributed by atoms with Crippen LogP contribution in [0, 0.1) is 0 Å². The molecule has 0 amide bonds. The Hall–Kier alpha value is -0.458. The number of carbonyl (C=O) groups excluding carboxylic acids is 3. The molecule has 0 saturated carbocycles. The first-order chi connectivity index (χ1) is 10.6. The molecule has 0 saturated heterocycles. The van der Waals surface area contributed by atoms with Crippen molar-refractivity contribution in [1.82, 2.24) is 0 Å². The van der Waals surface area contributed by atoms with Crippen LogP contribution in [-0.4, -0.2) is 28.1 Å². The van der Waals surface area contributed by atoms with E-state index < -0.39 is 14.1 Å². The third-order valence-corrected chi connectivity index (χ3v) is 6.84. The lowest BCUT2D eigenvalue weighted by atomic mass is 10.2. The Morgan fingerprint density at radius 3 is 1.05 bits per heavy atom. The lowest BCUT2D eigenvalue weighted by Crippen LogP contribution is -2.43. The molecule has 126 valence electrons.